The minimum absolute atomic E-state index is 0.108. The number of phenolic OH excluding ortho intramolecular Hbond substituents is 1. The Bertz CT molecular complexity index is 1670. The fraction of sp³-hybridized carbons (Fsp3) is 0.263. The van der Waals surface area contributed by atoms with Gasteiger partial charge in [0.2, 0.25) is 5.88 Å². The molecule has 42 heavy (non-hydrogen) atoms. The molecule has 5 rings (SSSR count). The number of phenols is 1. The van der Waals surface area contributed by atoms with Crippen LogP contribution in [0, 0.1) is 0 Å². The molecular formula is C38H40N2O2. The van der Waals surface area contributed by atoms with Crippen LogP contribution in [-0.4, -0.2) is 15.1 Å². The molecule has 0 fully saturated rings. The summed E-state index contributed by atoms with van der Waals surface area (Å²) in [6, 6.07) is 30.4. The molecule has 0 bridgehead atoms. The molecule has 2 aromatic heterocycles. The van der Waals surface area contributed by atoms with Crippen LogP contribution in [0.2, 0.25) is 0 Å². The molecule has 0 radical (unpaired) electrons. The number of hydrogen-bond acceptors (Lipinski definition) is 4. The maximum atomic E-state index is 11.0. The molecule has 0 saturated carbocycles. The SMILES string of the molecule is CC(C)c1cc(-c2ccc(-c3cc(Oc4ccccn4)cc(C(C)(C)C)c3)nc2-c2ccccc2O)cc(C(C)C)c1. The Morgan fingerprint density at radius 1 is 0.690 bits per heavy atom. The first-order chi connectivity index (χ1) is 20.0. The van der Waals surface area contributed by atoms with E-state index in [1.807, 2.05) is 42.5 Å². The van der Waals surface area contributed by atoms with E-state index in [0.717, 1.165) is 33.6 Å². The van der Waals surface area contributed by atoms with Crippen molar-refractivity contribution in [2.24, 2.45) is 0 Å². The van der Waals surface area contributed by atoms with E-state index in [4.69, 9.17) is 9.72 Å². The van der Waals surface area contributed by atoms with E-state index >= 15 is 0 Å². The molecule has 0 aliphatic rings. The lowest BCUT2D eigenvalue weighted by Gasteiger charge is -2.22. The first kappa shape index (κ1) is 29.1. The summed E-state index contributed by atoms with van der Waals surface area (Å²) < 4.78 is 6.20. The van der Waals surface area contributed by atoms with Gasteiger partial charge in [0.15, 0.2) is 0 Å². The number of rotatable bonds is 7. The van der Waals surface area contributed by atoms with Gasteiger partial charge in [-0.15, -0.1) is 0 Å². The van der Waals surface area contributed by atoms with E-state index in [-0.39, 0.29) is 11.2 Å². The van der Waals surface area contributed by atoms with Gasteiger partial charge in [-0.25, -0.2) is 9.97 Å². The second kappa shape index (κ2) is 11.8. The number of aromatic nitrogens is 2. The number of pyridine rings is 2. The number of hydrogen-bond donors (Lipinski definition) is 1. The summed E-state index contributed by atoms with van der Waals surface area (Å²) in [6.45, 7) is 15.5. The zero-order valence-corrected chi connectivity index (χ0v) is 25.6. The summed E-state index contributed by atoms with van der Waals surface area (Å²) in [6.07, 6.45) is 1.72. The minimum atomic E-state index is -0.108. The Morgan fingerprint density at radius 3 is 2.00 bits per heavy atom. The van der Waals surface area contributed by atoms with Crippen molar-refractivity contribution in [3.63, 3.8) is 0 Å². The average Bonchev–Trinajstić information content (AvgIpc) is 2.97. The fourth-order valence-corrected chi connectivity index (χ4v) is 5.00. The standard InChI is InChI=1S/C38H40N2O2/c1-24(2)26-18-27(25(3)4)20-28(19-26)32-15-16-34(40-37(32)33-12-8-9-13-35(33)41)29-21-30(38(5,6)7)23-31(22-29)42-36-14-10-11-17-39-36/h8-25,41H,1-7H3. The van der Waals surface area contributed by atoms with Gasteiger partial charge in [-0.05, 0) is 82.0 Å². The summed E-state index contributed by atoms with van der Waals surface area (Å²) in [5, 5.41) is 11.0. The average molecular weight is 557 g/mol. The number of benzene rings is 3. The van der Waals surface area contributed by atoms with Gasteiger partial charge < -0.3 is 9.84 Å². The summed E-state index contributed by atoms with van der Waals surface area (Å²) in [4.78, 5) is 9.59. The van der Waals surface area contributed by atoms with E-state index in [2.05, 4.69) is 95.9 Å². The predicted octanol–water partition coefficient (Wildman–Crippen LogP) is 10.5. The lowest BCUT2D eigenvalue weighted by molar-refractivity contribution is 0.460. The topological polar surface area (TPSA) is 55.2 Å². The zero-order chi connectivity index (χ0) is 30.0. The first-order valence-electron chi connectivity index (χ1n) is 14.7. The van der Waals surface area contributed by atoms with Crippen molar-refractivity contribution >= 4 is 0 Å². The Hall–Kier alpha value is -4.44. The van der Waals surface area contributed by atoms with Crippen molar-refractivity contribution in [1.29, 1.82) is 0 Å². The van der Waals surface area contributed by atoms with Crippen molar-refractivity contribution < 1.29 is 9.84 Å². The van der Waals surface area contributed by atoms with Crippen molar-refractivity contribution in [2.45, 2.75) is 65.7 Å². The molecule has 3 aromatic carbocycles. The molecule has 0 unspecified atom stereocenters. The molecule has 214 valence electrons. The quantitative estimate of drug-likeness (QED) is 0.217. The number of nitrogens with zero attached hydrogens (tertiary/aromatic N) is 2. The van der Waals surface area contributed by atoms with Gasteiger partial charge in [-0.1, -0.05) is 90.9 Å². The van der Waals surface area contributed by atoms with Crippen LogP contribution in [0.5, 0.6) is 17.4 Å². The highest BCUT2D eigenvalue weighted by Gasteiger charge is 2.20. The summed E-state index contributed by atoms with van der Waals surface area (Å²) >= 11 is 0. The van der Waals surface area contributed by atoms with Gasteiger partial charge >= 0.3 is 0 Å². The van der Waals surface area contributed by atoms with Crippen LogP contribution in [0.3, 0.4) is 0 Å². The van der Waals surface area contributed by atoms with E-state index in [1.165, 1.54) is 11.1 Å². The molecule has 5 aromatic rings. The van der Waals surface area contributed by atoms with E-state index < -0.39 is 0 Å². The third-order valence-corrected chi connectivity index (χ3v) is 7.60. The largest absolute Gasteiger partial charge is 0.507 e. The van der Waals surface area contributed by atoms with Crippen molar-refractivity contribution in [3.8, 4) is 51.0 Å². The number of para-hydroxylation sites is 1. The van der Waals surface area contributed by atoms with Crippen LogP contribution in [0.1, 0.15) is 77.0 Å². The Labute approximate surface area is 250 Å². The van der Waals surface area contributed by atoms with Crippen molar-refractivity contribution in [2.75, 3.05) is 0 Å². The molecule has 0 aliphatic heterocycles. The number of aromatic hydroxyl groups is 1. The smallest absolute Gasteiger partial charge is 0.219 e. The van der Waals surface area contributed by atoms with Crippen LogP contribution in [-0.2, 0) is 5.41 Å². The minimum Gasteiger partial charge on any atom is -0.507 e. The molecule has 0 amide bonds. The molecule has 4 heteroatoms. The van der Waals surface area contributed by atoms with Crippen LogP contribution in [0.4, 0.5) is 0 Å². The summed E-state index contributed by atoms with van der Waals surface area (Å²) in [5.41, 5.74) is 8.88. The van der Waals surface area contributed by atoms with E-state index in [9.17, 15) is 5.11 Å². The molecule has 4 nitrogen and oxygen atoms in total. The molecule has 0 saturated heterocycles. The highest BCUT2D eigenvalue weighted by molar-refractivity contribution is 5.85. The van der Waals surface area contributed by atoms with Crippen LogP contribution >= 0.6 is 0 Å². The van der Waals surface area contributed by atoms with Crippen LogP contribution in [0.25, 0.3) is 33.6 Å². The summed E-state index contributed by atoms with van der Waals surface area (Å²) in [7, 11) is 0. The van der Waals surface area contributed by atoms with Crippen LogP contribution < -0.4 is 4.74 Å². The lowest BCUT2D eigenvalue weighted by Crippen LogP contribution is -2.11. The second-order valence-corrected chi connectivity index (χ2v) is 12.6. The van der Waals surface area contributed by atoms with Crippen LogP contribution in [0.15, 0.2) is 97.2 Å². The molecule has 0 atom stereocenters. The molecular weight excluding hydrogens is 516 g/mol. The van der Waals surface area contributed by atoms with Gasteiger partial charge in [0.05, 0.1) is 11.4 Å². The van der Waals surface area contributed by atoms with Gasteiger partial charge in [0, 0.05) is 29.0 Å². The molecule has 1 N–H and O–H groups in total. The lowest BCUT2D eigenvalue weighted by atomic mass is 9.85. The number of ether oxygens (including phenoxy) is 1. The van der Waals surface area contributed by atoms with Gasteiger partial charge in [0.1, 0.15) is 11.5 Å². The monoisotopic (exact) mass is 556 g/mol. The molecule has 0 spiro atoms. The highest BCUT2D eigenvalue weighted by Crippen LogP contribution is 2.40. The third-order valence-electron chi connectivity index (χ3n) is 7.60. The maximum Gasteiger partial charge on any atom is 0.219 e. The Kier molecular flexibility index (Phi) is 8.17. The van der Waals surface area contributed by atoms with E-state index in [1.54, 1.807) is 12.3 Å². The van der Waals surface area contributed by atoms with Gasteiger partial charge in [-0.2, -0.15) is 0 Å². The Balaban J connectivity index is 1.72. The zero-order valence-electron chi connectivity index (χ0n) is 25.6. The van der Waals surface area contributed by atoms with E-state index in [0.29, 0.717) is 29.0 Å². The summed E-state index contributed by atoms with van der Waals surface area (Å²) in [5.74, 6) is 2.23. The van der Waals surface area contributed by atoms with Crippen molar-refractivity contribution in [3.05, 3.63) is 114 Å². The molecule has 2 heterocycles. The Morgan fingerprint density at radius 2 is 1.38 bits per heavy atom. The predicted molar refractivity (Wildman–Crippen MR) is 173 cm³/mol. The molecule has 0 aliphatic carbocycles. The first-order valence-corrected chi connectivity index (χ1v) is 14.7. The third kappa shape index (κ3) is 6.38. The normalized spacial score (nSPS) is 11.7. The fourth-order valence-electron chi connectivity index (χ4n) is 5.00. The maximum absolute atomic E-state index is 11.0. The highest BCUT2D eigenvalue weighted by atomic mass is 16.5. The second-order valence-electron chi connectivity index (χ2n) is 12.6. The van der Waals surface area contributed by atoms with Gasteiger partial charge in [0.25, 0.3) is 0 Å². The van der Waals surface area contributed by atoms with Gasteiger partial charge in [-0.3, -0.25) is 0 Å². The van der Waals surface area contributed by atoms with Crippen molar-refractivity contribution in [1.82, 2.24) is 9.97 Å².